The maximum absolute atomic E-state index is 13.5. The molecule has 0 unspecified atom stereocenters. The minimum atomic E-state index is -0.368. The molecule has 0 radical (unpaired) electrons. The number of hydrogen-bond donors (Lipinski definition) is 1. The van der Waals surface area contributed by atoms with E-state index in [-0.39, 0.29) is 17.3 Å². The van der Waals surface area contributed by atoms with E-state index in [0.717, 1.165) is 12.8 Å². The first-order chi connectivity index (χ1) is 16.1. The smallest absolute Gasteiger partial charge is 0.256 e. The summed E-state index contributed by atoms with van der Waals surface area (Å²) in [7, 11) is 0. The monoisotopic (exact) mass is 455 g/mol. The topological polar surface area (TPSA) is 66.1 Å². The number of carbonyl (C=O) groups is 1. The Morgan fingerprint density at radius 1 is 1.03 bits per heavy atom. The van der Waals surface area contributed by atoms with Crippen molar-refractivity contribution in [2.24, 2.45) is 0 Å². The van der Waals surface area contributed by atoms with Crippen LogP contribution in [0.4, 0.5) is 4.39 Å². The number of halogens is 1. The molecule has 2 heterocycles. The lowest BCUT2D eigenvalue weighted by atomic mass is 10.0. The maximum atomic E-state index is 13.5. The fourth-order valence-electron chi connectivity index (χ4n) is 4.51. The van der Waals surface area contributed by atoms with Gasteiger partial charge in [0.15, 0.2) is 0 Å². The number of carbonyl (C=O) groups excluding carboxylic acids is 1. The van der Waals surface area contributed by atoms with Gasteiger partial charge >= 0.3 is 0 Å². The highest BCUT2D eigenvalue weighted by Gasteiger charge is 2.24. The molecule has 2 aromatic rings. The molecular formula is C27H38FN3O2. The molecule has 6 heteroatoms. The summed E-state index contributed by atoms with van der Waals surface area (Å²) in [6.07, 6.45) is 14.9. The standard InChI is InChI=1S/C27H38FN3O2/c1-2-3-4-5-6-7-8-9-10-11-12-16-25(32)31-18-17-24-23(20-31)27(33)30-26(29-24)21-14-13-15-22(28)19-21/h13-15,19H,2-12,16-18,20H2,1H3,(H,29,30,33). The van der Waals surface area contributed by atoms with Crippen LogP contribution in [0.1, 0.15) is 95.2 Å². The van der Waals surface area contributed by atoms with Gasteiger partial charge in [-0.1, -0.05) is 83.3 Å². The first-order valence-electron chi connectivity index (χ1n) is 12.7. The highest BCUT2D eigenvalue weighted by Crippen LogP contribution is 2.20. The summed E-state index contributed by atoms with van der Waals surface area (Å²) in [5.74, 6) is 0.121. The third-order valence-corrected chi connectivity index (χ3v) is 6.51. The lowest BCUT2D eigenvalue weighted by Gasteiger charge is -2.28. The van der Waals surface area contributed by atoms with Crippen LogP contribution in [0.15, 0.2) is 29.1 Å². The van der Waals surface area contributed by atoms with Crippen molar-refractivity contribution in [2.45, 2.75) is 96.9 Å². The second-order valence-electron chi connectivity index (χ2n) is 9.20. The van der Waals surface area contributed by atoms with Crippen LogP contribution in [0, 0.1) is 5.82 Å². The van der Waals surface area contributed by atoms with Gasteiger partial charge in [-0.3, -0.25) is 9.59 Å². The minimum Gasteiger partial charge on any atom is -0.338 e. The Morgan fingerprint density at radius 3 is 2.36 bits per heavy atom. The molecule has 33 heavy (non-hydrogen) atoms. The molecule has 0 bridgehead atoms. The maximum Gasteiger partial charge on any atom is 0.256 e. The van der Waals surface area contributed by atoms with Crippen molar-refractivity contribution in [3.8, 4) is 11.4 Å². The number of aromatic amines is 1. The average Bonchev–Trinajstić information content (AvgIpc) is 2.82. The Kier molecular flexibility index (Phi) is 10.1. The van der Waals surface area contributed by atoms with Gasteiger partial charge in [0.2, 0.25) is 5.91 Å². The van der Waals surface area contributed by atoms with Crippen molar-refractivity contribution < 1.29 is 9.18 Å². The van der Waals surface area contributed by atoms with Crippen molar-refractivity contribution in [1.29, 1.82) is 0 Å². The summed E-state index contributed by atoms with van der Waals surface area (Å²) >= 11 is 0. The molecule has 1 aliphatic heterocycles. The molecular weight excluding hydrogens is 417 g/mol. The summed E-state index contributed by atoms with van der Waals surface area (Å²) in [5, 5.41) is 0. The lowest BCUT2D eigenvalue weighted by Crippen LogP contribution is -2.39. The summed E-state index contributed by atoms with van der Waals surface area (Å²) in [5.41, 5.74) is 1.56. The largest absolute Gasteiger partial charge is 0.338 e. The van der Waals surface area contributed by atoms with Gasteiger partial charge in [-0.25, -0.2) is 9.37 Å². The predicted molar refractivity (Wildman–Crippen MR) is 130 cm³/mol. The average molecular weight is 456 g/mol. The van der Waals surface area contributed by atoms with E-state index in [1.54, 1.807) is 17.0 Å². The highest BCUT2D eigenvalue weighted by molar-refractivity contribution is 5.76. The third-order valence-electron chi connectivity index (χ3n) is 6.51. The molecule has 0 atom stereocenters. The van der Waals surface area contributed by atoms with Crippen LogP contribution in [0.2, 0.25) is 0 Å². The molecule has 3 rings (SSSR count). The number of rotatable bonds is 13. The van der Waals surface area contributed by atoms with Crippen LogP contribution in [0.3, 0.4) is 0 Å². The molecule has 0 aliphatic carbocycles. The zero-order chi connectivity index (χ0) is 23.5. The van der Waals surface area contributed by atoms with Gasteiger partial charge in [0.1, 0.15) is 11.6 Å². The first kappa shape index (κ1) is 25.1. The summed E-state index contributed by atoms with van der Waals surface area (Å²) in [6.45, 7) is 3.12. The van der Waals surface area contributed by atoms with Crippen LogP contribution in [-0.2, 0) is 17.8 Å². The Bertz CT molecular complexity index is 957. The fraction of sp³-hybridized carbons (Fsp3) is 0.593. The molecule has 0 fully saturated rings. The SMILES string of the molecule is CCCCCCCCCCCCCC(=O)N1CCc2nc(-c3cccc(F)c3)[nH]c(=O)c2C1. The van der Waals surface area contributed by atoms with E-state index >= 15 is 0 Å². The van der Waals surface area contributed by atoms with E-state index in [2.05, 4.69) is 16.9 Å². The number of hydrogen-bond acceptors (Lipinski definition) is 3. The van der Waals surface area contributed by atoms with Crippen molar-refractivity contribution >= 4 is 5.91 Å². The summed E-state index contributed by atoms with van der Waals surface area (Å²) in [6, 6.07) is 6.04. The van der Waals surface area contributed by atoms with Crippen LogP contribution in [0.5, 0.6) is 0 Å². The highest BCUT2D eigenvalue weighted by atomic mass is 19.1. The fourth-order valence-corrected chi connectivity index (χ4v) is 4.51. The summed E-state index contributed by atoms with van der Waals surface area (Å²) < 4.78 is 13.5. The first-order valence-corrected chi connectivity index (χ1v) is 12.7. The number of H-pyrrole nitrogens is 1. The van der Waals surface area contributed by atoms with Crippen LogP contribution >= 0.6 is 0 Å². The van der Waals surface area contributed by atoms with Crippen LogP contribution in [-0.4, -0.2) is 27.3 Å². The summed E-state index contributed by atoms with van der Waals surface area (Å²) in [4.78, 5) is 34.4. The molecule has 5 nitrogen and oxygen atoms in total. The van der Waals surface area contributed by atoms with Gasteiger partial charge in [-0.05, 0) is 18.6 Å². The van der Waals surface area contributed by atoms with Gasteiger partial charge < -0.3 is 9.88 Å². The second kappa shape index (κ2) is 13.3. The number of unbranched alkanes of at least 4 members (excludes halogenated alkanes) is 10. The third kappa shape index (κ3) is 7.79. The van der Waals surface area contributed by atoms with E-state index in [1.807, 2.05) is 0 Å². The van der Waals surface area contributed by atoms with Crippen molar-refractivity contribution in [3.05, 3.63) is 51.7 Å². The number of nitrogens with zero attached hydrogens (tertiary/aromatic N) is 2. The molecule has 0 spiro atoms. The van der Waals surface area contributed by atoms with Crippen LogP contribution in [0.25, 0.3) is 11.4 Å². The Morgan fingerprint density at radius 2 is 1.70 bits per heavy atom. The zero-order valence-electron chi connectivity index (χ0n) is 20.0. The van der Waals surface area contributed by atoms with Gasteiger partial charge in [0.05, 0.1) is 17.8 Å². The van der Waals surface area contributed by atoms with E-state index in [9.17, 15) is 14.0 Å². The normalized spacial score (nSPS) is 13.2. The van der Waals surface area contributed by atoms with Crippen molar-refractivity contribution in [1.82, 2.24) is 14.9 Å². The second-order valence-corrected chi connectivity index (χ2v) is 9.20. The quantitative estimate of drug-likeness (QED) is 0.368. The molecule has 180 valence electrons. The van der Waals surface area contributed by atoms with E-state index in [0.29, 0.717) is 48.6 Å². The molecule has 0 saturated carbocycles. The zero-order valence-corrected chi connectivity index (χ0v) is 20.0. The lowest BCUT2D eigenvalue weighted by molar-refractivity contribution is -0.132. The number of aromatic nitrogens is 2. The predicted octanol–water partition coefficient (Wildman–Crippen LogP) is 6.16. The van der Waals surface area contributed by atoms with Gasteiger partial charge in [0, 0.05) is 24.9 Å². The van der Waals surface area contributed by atoms with Gasteiger partial charge in [0.25, 0.3) is 5.56 Å². The number of amides is 1. The molecule has 1 aliphatic rings. The van der Waals surface area contributed by atoms with Gasteiger partial charge in [-0.15, -0.1) is 0 Å². The van der Waals surface area contributed by atoms with E-state index in [1.165, 1.54) is 69.9 Å². The molecule has 1 N–H and O–H groups in total. The molecule has 0 saturated heterocycles. The van der Waals surface area contributed by atoms with Gasteiger partial charge in [-0.2, -0.15) is 0 Å². The van der Waals surface area contributed by atoms with E-state index < -0.39 is 0 Å². The molecule has 1 aromatic carbocycles. The molecule has 1 aromatic heterocycles. The number of fused-ring (bicyclic) bond motifs is 1. The van der Waals surface area contributed by atoms with Crippen molar-refractivity contribution in [2.75, 3.05) is 6.54 Å². The Balaban J connectivity index is 1.39. The minimum absolute atomic E-state index is 0.116. The number of benzene rings is 1. The van der Waals surface area contributed by atoms with E-state index in [4.69, 9.17) is 0 Å². The molecule has 1 amide bonds. The number of nitrogens with one attached hydrogen (secondary N) is 1. The Labute approximate surface area is 196 Å². The van der Waals surface area contributed by atoms with Crippen molar-refractivity contribution in [3.63, 3.8) is 0 Å². The van der Waals surface area contributed by atoms with Crippen LogP contribution < -0.4 is 5.56 Å². The Hall–Kier alpha value is -2.50.